The normalized spacial score (nSPS) is 14.3. The highest BCUT2D eigenvalue weighted by Gasteiger charge is 2.21. The average Bonchev–Trinajstić information content (AvgIpc) is 3.10. The second-order valence-electron chi connectivity index (χ2n) is 4.75. The minimum atomic E-state index is -1.01. The molecule has 0 aliphatic heterocycles. The van der Waals surface area contributed by atoms with E-state index in [1.54, 1.807) is 0 Å². The molecule has 5 heteroatoms. The molecule has 0 spiro atoms. The molecule has 1 aromatic heterocycles. The highest BCUT2D eigenvalue weighted by Crippen LogP contribution is 2.30. The number of nitrogens with one attached hydrogen (secondary N) is 1. The number of nitrogens with zero attached hydrogens (tertiary/aromatic N) is 1. The van der Waals surface area contributed by atoms with Crippen LogP contribution < -0.4 is 4.74 Å². The van der Waals surface area contributed by atoms with Crippen LogP contribution in [0.15, 0.2) is 30.3 Å². The number of ether oxygens (including phenoxy) is 1. The Labute approximate surface area is 110 Å². The predicted octanol–water partition coefficient (Wildman–Crippen LogP) is 2.56. The van der Waals surface area contributed by atoms with Crippen LogP contribution in [0.25, 0.3) is 11.3 Å². The van der Waals surface area contributed by atoms with Crippen molar-refractivity contribution in [2.75, 3.05) is 6.61 Å². The molecule has 0 saturated heterocycles. The number of rotatable bonds is 5. The van der Waals surface area contributed by atoms with Crippen LogP contribution in [0.3, 0.4) is 0 Å². The molecule has 1 aliphatic carbocycles. The summed E-state index contributed by atoms with van der Waals surface area (Å²) in [4.78, 5) is 10.8. The molecule has 0 atom stereocenters. The van der Waals surface area contributed by atoms with Crippen molar-refractivity contribution in [1.29, 1.82) is 0 Å². The third kappa shape index (κ3) is 2.76. The third-order valence-corrected chi connectivity index (χ3v) is 3.12. The standard InChI is InChI=1S/C14H14N2O3/c17-14(18)13-7-12(15-16-13)10-2-1-3-11(6-10)19-8-9-4-5-9/h1-3,6-7,9H,4-5,8H2,(H,15,16)(H,17,18). The van der Waals surface area contributed by atoms with Crippen LogP contribution in [0, 0.1) is 5.92 Å². The Kier molecular flexibility index (Phi) is 2.95. The van der Waals surface area contributed by atoms with E-state index < -0.39 is 5.97 Å². The first kappa shape index (κ1) is 11.8. The van der Waals surface area contributed by atoms with Gasteiger partial charge in [0, 0.05) is 5.56 Å². The van der Waals surface area contributed by atoms with Gasteiger partial charge in [-0.2, -0.15) is 5.10 Å². The molecule has 0 amide bonds. The molecule has 3 rings (SSSR count). The molecule has 2 aromatic rings. The molecule has 19 heavy (non-hydrogen) atoms. The van der Waals surface area contributed by atoms with Crippen molar-refractivity contribution in [2.45, 2.75) is 12.8 Å². The smallest absolute Gasteiger partial charge is 0.353 e. The molecule has 5 nitrogen and oxygen atoms in total. The monoisotopic (exact) mass is 258 g/mol. The number of carboxylic acid groups (broad SMARTS) is 1. The maximum Gasteiger partial charge on any atom is 0.353 e. The summed E-state index contributed by atoms with van der Waals surface area (Å²) < 4.78 is 5.69. The van der Waals surface area contributed by atoms with Gasteiger partial charge < -0.3 is 9.84 Å². The van der Waals surface area contributed by atoms with Gasteiger partial charge >= 0.3 is 5.97 Å². The first-order valence-electron chi connectivity index (χ1n) is 6.24. The largest absolute Gasteiger partial charge is 0.493 e. The Morgan fingerprint density at radius 1 is 1.42 bits per heavy atom. The van der Waals surface area contributed by atoms with Crippen molar-refractivity contribution in [3.8, 4) is 17.0 Å². The Hall–Kier alpha value is -2.30. The van der Waals surface area contributed by atoms with Crippen molar-refractivity contribution in [3.05, 3.63) is 36.0 Å². The van der Waals surface area contributed by atoms with Gasteiger partial charge in [0.15, 0.2) is 0 Å². The summed E-state index contributed by atoms with van der Waals surface area (Å²) >= 11 is 0. The van der Waals surface area contributed by atoms with Gasteiger partial charge in [-0.3, -0.25) is 5.10 Å². The summed E-state index contributed by atoms with van der Waals surface area (Å²) in [5, 5.41) is 15.3. The summed E-state index contributed by atoms with van der Waals surface area (Å²) in [6, 6.07) is 9.06. The van der Waals surface area contributed by atoms with Crippen molar-refractivity contribution in [2.24, 2.45) is 5.92 Å². The quantitative estimate of drug-likeness (QED) is 0.864. The summed E-state index contributed by atoms with van der Waals surface area (Å²) in [6.07, 6.45) is 2.50. The maximum absolute atomic E-state index is 10.8. The van der Waals surface area contributed by atoms with E-state index in [4.69, 9.17) is 9.84 Å². The van der Waals surface area contributed by atoms with E-state index >= 15 is 0 Å². The third-order valence-electron chi connectivity index (χ3n) is 3.12. The Balaban J connectivity index is 1.78. The van der Waals surface area contributed by atoms with Crippen molar-refractivity contribution >= 4 is 5.97 Å². The van der Waals surface area contributed by atoms with Crippen LogP contribution in [-0.2, 0) is 0 Å². The minimum Gasteiger partial charge on any atom is -0.493 e. The molecule has 1 heterocycles. The number of aromatic nitrogens is 2. The topological polar surface area (TPSA) is 75.2 Å². The van der Waals surface area contributed by atoms with Gasteiger partial charge in [-0.15, -0.1) is 0 Å². The minimum absolute atomic E-state index is 0.0827. The highest BCUT2D eigenvalue weighted by atomic mass is 16.5. The van der Waals surface area contributed by atoms with Crippen LogP contribution in [0.5, 0.6) is 5.75 Å². The number of hydrogen-bond acceptors (Lipinski definition) is 3. The molecular formula is C14H14N2O3. The summed E-state index contributed by atoms with van der Waals surface area (Å²) in [7, 11) is 0. The van der Waals surface area contributed by atoms with E-state index in [0.717, 1.165) is 17.9 Å². The fourth-order valence-corrected chi connectivity index (χ4v) is 1.82. The van der Waals surface area contributed by atoms with E-state index in [9.17, 15) is 4.79 Å². The van der Waals surface area contributed by atoms with Crippen LogP contribution in [0.1, 0.15) is 23.3 Å². The van der Waals surface area contributed by atoms with E-state index in [2.05, 4.69) is 10.2 Å². The maximum atomic E-state index is 10.8. The van der Waals surface area contributed by atoms with Gasteiger partial charge in [-0.05, 0) is 37.0 Å². The van der Waals surface area contributed by atoms with Gasteiger partial charge in [0.25, 0.3) is 0 Å². The lowest BCUT2D eigenvalue weighted by atomic mass is 10.1. The molecule has 1 aromatic carbocycles. The molecule has 2 N–H and O–H groups in total. The zero-order valence-corrected chi connectivity index (χ0v) is 10.3. The van der Waals surface area contributed by atoms with Crippen molar-refractivity contribution in [1.82, 2.24) is 10.2 Å². The van der Waals surface area contributed by atoms with Gasteiger partial charge in [0.05, 0.1) is 12.3 Å². The number of aromatic carboxylic acids is 1. The van der Waals surface area contributed by atoms with Crippen LogP contribution in [0.4, 0.5) is 0 Å². The average molecular weight is 258 g/mol. The second-order valence-corrected chi connectivity index (χ2v) is 4.75. The summed E-state index contributed by atoms with van der Waals surface area (Å²) in [6.45, 7) is 0.754. The van der Waals surface area contributed by atoms with Crippen LogP contribution in [0.2, 0.25) is 0 Å². The second kappa shape index (κ2) is 4.76. The molecule has 0 unspecified atom stereocenters. The van der Waals surface area contributed by atoms with E-state index in [1.807, 2.05) is 24.3 Å². The zero-order chi connectivity index (χ0) is 13.2. The zero-order valence-electron chi connectivity index (χ0n) is 10.3. The number of aromatic amines is 1. The number of benzene rings is 1. The molecule has 98 valence electrons. The van der Waals surface area contributed by atoms with Crippen molar-refractivity contribution < 1.29 is 14.6 Å². The fourth-order valence-electron chi connectivity index (χ4n) is 1.82. The Bertz CT molecular complexity index is 602. The Morgan fingerprint density at radius 2 is 2.26 bits per heavy atom. The van der Waals surface area contributed by atoms with Gasteiger partial charge in [-0.1, -0.05) is 12.1 Å². The molecule has 1 fully saturated rings. The fraction of sp³-hybridized carbons (Fsp3) is 0.286. The lowest BCUT2D eigenvalue weighted by molar-refractivity contribution is 0.0690. The number of carboxylic acids is 1. The molecular weight excluding hydrogens is 244 g/mol. The van der Waals surface area contributed by atoms with E-state index in [0.29, 0.717) is 11.6 Å². The van der Waals surface area contributed by atoms with Crippen molar-refractivity contribution in [3.63, 3.8) is 0 Å². The van der Waals surface area contributed by atoms with Gasteiger partial charge in [0.1, 0.15) is 11.4 Å². The number of hydrogen-bond donors (Lipinski definition) is 2. The van der Waals surface area contributed by atoms with Gasteiger partial charge in [0.2, 0.25) is 0 Å². The van der Waals surface area contributed by atoms with Crippen LogP contribution >= 0.6 is 0 Å². The summed E-state index contributed by atoms with van der Waals surface area (Å²) in [5.41, 5.74) is 1.53. The molecule has 0 radical (unpaired) electrons. The van der Waals surface area contributed by atoms with E-state index in [-0.39, 0.29) is 5.69 Å². The number of H-pyrrole nitrogens is 1. The lowest BCUT2D eigenvalue weighted by Gasteiger charge is -2.06. The first-order chi connectivity index (χ1) is 9.22. The number of carbonyl (C=O) groups is 1. The first-order valence-corrected chi connectivity index (χ1v) is 6.24. The van der Waals surface area contributed by atoms with E-state index in [1.165, 1.54) is 18.9 Å². The Morgan fingerprint density at radius 3 is 2.95 bits per heavy atom. The SMILES string of the molecule is O=C(O)c1cc(-c2cccc(OCC3CC3)c2)n[nH]1. The lowest BCUT2D eigenvalue weighted by Crippen LogP contribution is -1.98. The predicted molar refractivity (Wildman–Crippen MR) is 69.2 cm³/mol. The molecule has 1 aliphatic rings. The summed E-state index contributed by atoms with van der Waals surface area (Å²) in [5.74, 6) is 0.483. The van der Waals surface area contributed by atoms with Crippen LogP contribution in [-0.4, -0.2) is 27.9 Å². The van der Waals surface area contributed by atoms with Gasteiger partial charge in [-0.25, -0.2) is 4.79 Å². The molecule has 1 saturated carbocycles. The highest BCUT2D eigenvalue weighted by molar-refractivity contribution is 5.86. The molecule has 0 bridgehead atoms.